The van der Waals surface area contributed by atoms with Gasteiger partial charge in [-0.3, -0.25) is 19.2 Å². The molecular formula is C99H110F4N28O12. The topological polar surface area (TPSA) is 441 Å². The van der Waals surface area contributed by atoms with Crippen LogP contribution in [-0.4, -0.2) is 301 Å². The van der Waals surface area contributed by atoms with Crippen molar-refractivity contribution in [3.8, 4) is 45.0 Å². The van der Waals surface area contributed by atoms with Gasteiger partial charge in [0.2, 0.25) is 0 Å². The lowest BCUT2D eigenvalue weighted by molar-refractivity contribution is -0.0592. The first-order chi connectivity index (χ1) is 69.8. The normalized spacial score (nSPS) is 24.2. The number of aromatic nitrogens is 20. The second-order valence-corrected chi connectivity index (χ2v) is 36.9. The molecule has 0 aromatic carbocycles. The fourth-order valence-electron chi connectivity index (χ4n) is 20.2. The molecule has 143 heavy (non-hydrogen) atoms. The predicted octanol–water partition coefficient (Wildman–Crippen LogP) is 11.3. The number of nitrogens with zero attached hydrogens (tertiary/aromatic N) is 20. The number of ether oxygens (including phenoxy) is 7. The Morgan fingerprint density at radius 1 is 0.343 bits per heavy atom. The Bertz CT molecular complexity index is 6930. The van der Waals surface area contributed by atoms with E-state index in [2.05, 4.69) is 115 Å². The van der Waals surface area contributed by atoms with Crippen molar-refractivity contribution in [2.45, 2.75) is 174 Å². The molecular weight excluding hydrogens is 1850 g/mol. The monoisotopic (exact) mass is 1960 g/mol. The Morgan fingerprint density at radius 2 is 0.587 bits per heavy atom. The summed E-state index contributed by atoms with van der Waals surface area (Å²) in [4.78, 5) is 89.9. The van der Waals surface area contributed by atoms with Gasteiger partial charge >= 0.3 is 0 Å². The van der Waals surface area contributed by atoms with Gasteiger partial charge in [-0.1, -0.05) is 0 Å². The summed E-state index contributed by atoms with van der Waals surface area (Å²) in [6.07, 6.45) is 23.6. The molecule has 8 aliphatic rings. The maximum absolute atomic E-state index is 13.8. The fraction of sp³-hybridized carbons (Fsp3) is 0.434. The second-order valence-electron chi connectivity index (χ2n) is 36.9. The van der Waals surface area contributed by atoms with Gasteiger partial charge in [0.05, 0.1) is 128 Å². The number of halogens is 4. The predicted molar refractivity (Wildman–Crippen MR) is 523 cm³/mol. The van der Waals surface area contributed by atoms with Crippen LogP contribution in [0.5, 0.6) is 0 Å². The molecule has 44 heteroatoms. The van der Waals surface area contributed by atoms with Gasteiger partial charge in [0.25, 0.3) is 23.6 Å². The summed E-state index contributed by atoms with van der Waals surface area (Å²) < 4.78 is 109. The van der Waals surface area contributed by atoms with Crippen molar-refractivity contribution in [1.82, 2.24) is 118 Å². The van der Waals surface area contributed by atoms with E-state index in [1.54, 1.807) is 92.4 Å². The third-order valence-corrected chi connectivity index (χ3v) is 28.8. The lowest BCUT2D eigenvalue weighted by atomic mass is 9.90. The van der Waals surface area contributed by atoms with E-state index < -0.39 is 60.9 Å². The highest BCUT2D eigenvalue weighted by molar-refractivity contribution is 6.05. The minimum absolute atomic E-state index is 0.0647. The van der Waals surface area contributed by atoms with Gasteiger partial charge in [0.15, 0.2) is 22.6 Å². The first kappa shape index (κ1) is 94.9. The number of carbonyl (C=O) groups is 4. The Labute approximate surface area is 815 Å². The van der Waals surface area contributed by atoms with Crippen molar-refractivity contribution in [2.24, 2.45) is 0 Å². The van der Waals surface area contributed by atoms with E-state index in [-0.39, 0.29) is 72.4 Å². The van der Waals surface area contributed by atoms with E-state index in [4.69, 9.17) is 53.1 Å². The summed E-state index contributed by atoms with van der Waals surface area (Å²) in [7, 11) is 12.2. The summed E-state index contributed by atoms with van der Waals surface area (Å²) in [5.74, 6) is 1.14. The molecule has 1 unspecified atom stereocenters. The summed E-state index contributed by atoms with van der Waals surface area (Å²) in [6, 6.07) is 21.3. The van der Waals surface area contributed by atoms with Gasteiger partial charge in [0, 0.05) is 194 Å². The minimum Gasteiger partial charge on any atom is -0.389 e. The smallest absolute Gasteiger partial charge is 0.257 e. The van der Waals surface area contributed by atoms with Crippen LogP contribution >= 0.6 is 0 Å². The van der Waals surface area contributed by atoms with Crippen LogP contribution in [0, 0.1) is 0 Å². The fourth-order valence-corrected chi connectivity index (χ4v) is 20.2. The van der Waals surface area contributed by atoms with Crippen LogP contribution in [0.3, 0.4) is 0 Å². The summed E-state index contributed by atoms with van der Waals surface area (Å²) in [5.41, 5.74) is 12.1. The molecule has 16 aromatic heterocycles. The zero-order valence-corrected chi connectivity index (χ0v) is 79.6. The van der Waals surface area contributed by atoms with Crippen molar-refractivity contribution < 1.29 is 75.0 Å². The highest BCUT2D eigenvalue weighted by Gasteiger charge is 2.41. The van der Waals surface area contributed by atoms with Crippen molar-refractivity contribution in [2.75, 3.05) is 124 Å². The van der Waals surface area contributed by atoms with Crippen LogP contribution in [-0.2, 0) is 33.2 Å². The van der Waals surface area contributed by atoms with Gasteiger partial charge in [-0.25, -0.2) is 57.4 Å². The molecule has 40 nitrogen and oxygen atoms in total. The molecule has 4 saturated carbocycles. The summed E-state index contributed by atoms with van der Waals surface area (Å²) >= 11 is 0. The Kier molecular flexibility index (Phi) is 27.0. The van der Waals surface area contributed by atoms with Crippen LogP contribution in [0.1, 0.15) is 143 Å². The number of hydrogen-bond donors (Lipinski definition) is 9. The molecule has 8 fully saturated rings. The van der Waals surface area contributed by atoms with Crippen LogP contribution in [0.25, 0.3) is 112 Å². The average Bonchev–Trinajstić information content (AvgIpc) is 1.61. The number of amides is 4. The Hall–Kier alpha value is -14.3. The summed E-state index contributed by atoms with van der Waals surface area (Å²) in [5, 5.41) is 55.4. The SMILES string of the molecule is CNc1cc(-c2cn([C@@H]3CCOC[C@H]3O)c3ncccc23)nc2c(C(=O)N[C@@H]3CC[C@H]3F)cnn12.CNc1cc(-c2cn([C@H]3CCOC[C@@H]3OC)c3ncccc23)nc2c(C(=O)NC3CC[C@H]3F)cnn12.CNc1cc(-c2cn([C@H]3CCOC[C@@H]3OC)c3ncccc23)nc2c(C(=O)N[C@@H]3CC[C@@H]3F)cnn12.CNc1cc(-c2cn([C@H]3CCOC[C@@H]3OC)c3ncccc23)nc2c(C(=O)N[C@H]3CC[C@H]3F)cnn12. The number of rotatable bonds is 23. The van der Waals surface area contributed by atoms with Gasteiger partial charge in [0.1, 0.15) is 111 Å². The molecule has 20 heterocycles. The number of aliphatic hydroxyl groups excluding tert-OH is 1. The van der Waals surface area contributed by atoms with E-state index in [1.165, 1.54) is 24.8 Å². The molecule has 0 radical (unpaired) electrons. The van der Waals surface area contributed by atoms with Crippen LogP contribution in [0.15, 0.2) is 147 Å². The number of hydrogen-bond acceptors (Lipinski definition) is 28. The van der Waals surface area contributed by atoms with E-state index >= 15 is 0 Å². The van der Waals surface area contributed by atoms with E-state index in [0.29, 0.717) is 189 Å². The maximum Gasteiger partial charge on any atom is 0.257 e. The van der Waals surface area contributed by atoms with Crippen molar-refractivity contribution in [3.05, 3.63) is 169 Å². The second kappa shape index (κ2) is 40.6. The largest absolute Gasteiger partial charge is 0.389 e. The molecule has 746 valence electrons. The lowest BCUT2D eigenvalue weighted by Crippen LogP contribution is -2.48. The average molecular weight is 1960 g/mol. The first-order valence-corrected chi connectivity index (χ1v) is 48.3. The number of methoxy groups -OCH3 is 3. The highest BCUT2D eigenvalue weighted by Crippen LogP contribution is 2.43. The van der Waals surface area contributed by atoms with Crippen molar-refractivity contribution in [1.29, 1.82) is 0 Å². The number of nitrogens with one attached hydrogen (secondary N) is 8. The first-order valence-electron chi connectivity index (χ1n) is 48.3. The van der Waals surface area contributed by atoms with E-state index in [1.807, 2.05) is 83.6 Å². The van der Waals surface area contributed by atoms with Crippen LogP contribution in [0.2, 0.25) is 0 Å². The standard InChI is InChI=1S/3C25H28FN7O3.C24H26FN7O3/c3*1-27-22-10-19(30-24-15(11-29-33(22)24)25(34)31-18-6-5-17(18)26)16-12-32(23-14(16)4-3-8-28-23)20-7-9-36-13-21(20)35-2;1-26-21-9-18(29-23-14(10-28-32(21)23)24(34)30-17-5-4-16(17)25)15-11-31(19-6-8-35-12-20(19)33)22-13(15)3-2-7-27-22/h3*3-4,8,10-12,17-18,20-21,27H,5-7,9,13H2,1-2H3,(H,31,34);2-3,7,9-11,16-17,19-20,26,33H,4-6,8,12H2,1H3,(H,30,34)/t17-,18?,20+,21+;17-,18+,20+,21+;17-,18+,20-,21-;16-,17-,19-,20-/m1101/s1. The summed E-state index contributed by atoms with van der Waals surface area (Å²) in [6.45, 7) is 4.34. The van der Waals surface area contributed by atoms with Crippen molar-refractivity contribution >= 4 is 114 Å². The number of alkyl halides is 4. The van der Waals surface area contributed by atoms with Crippen molar-refractivity contribution in [3.63, 3.8) is 0 Å². The van der Waals surface area contributed by atoms with Gasteiger partial charge < -0.3 is 99.1 Å². The van der Waals surface area contributed by atoms with Gasteiger partial charge in [-0.05, 0) is 126 Å². The lowest BCUT2D eigenvalue weighted by Gasteiger charge is -2.31. The van der Waals surface area contributed by atoms with Crippen LogP contribution in [0.4, 0.5) is 40.8 Å². The van der Waals surface area contributed by atoms with Gasteiger partial charge in [-0.2, -0.15) is 38.5 Å². The number of anilines is 4. The third kappa shape index (κ3) is 17.9. The Balaban J connectivity index is 0.000000113. The molecule has 4 aliphatic carbocycles. The molecule has 24 rings (SSSR count). The molecule has 9 N–H and O–H groups in total. The highest BCUT2D eigenvalue weighted by atomic mass is 19.1. The molecule has 0 spiro atoms. The quantitative estimate of drug-likeness (QED) is 0.0269. The molecule has 16 aromatic rings. The number of carbonyl (C=O) groups excluding carboxylic acids is 4. The molecule has 4 aliphatic heterocycles. The number of fused-ring (bicyclic) bond motifs is 8. The molecule has 4 saturated heterocycles. The number of pyridine rings is 4. The van der Waals surface area contributed by atoms with Gasteiger partial charge in [-0.15, -0.1) is 0 Å². The Morgan fingerprint density at radius 3 is 0.811 bits per heavy atom. The zero-order chi connectivity index (χ0) is 98.5. The number of aliphatic hydroxyl groups is 1. The zero-order valence-electron chi connectivity index (χ0n) is 79.6. The molecule has 0 bridgehead atoms. The third-order valence-electron chi connectivity index (χ3n) is 28.8. The van der Waals surface area contributed by atoms with E-state index in [0.717, 1.165) is 85.6 Å². The molecule has 16 atom stereocenters. The maximum atomic E-state index is 13.8. The van der Waals surface area contributed by atoms with Crippen LogP contribution < -0.4 is 42.5 Å². The van der Waals surface area contributed by atoms with E-state index in [9.17, 15) is 41.8 Å². The molecule has 4 amide bonds. The minimum atomic E-state index is -1.02.